The topological polar surface area (TPSA) is 0 Å². The molecule has 0 N–H and O–H groups in total. The number of fused-ring (bicyclic) bond motifs is 1. The third-order valence-electron chi connectivity index (χ3n) is 1.36. The maximum absolute atomic E-state index is 2.13. The first-order valence-electron chi connectivity index (χ1n) is 2.20. The second-order valence-corrected chi connectivity index (χ2v) is 4.29. The summed E-state index contributed by atoms with van der Waals surface area (Å²) in [6, 6.07) is 0. The van der Waals surface area contributed by atoms with Crippen LogP contribution in [0.2, 0.25) is 0 Å². The molecule has 2 saturated heterocycles. The van der Waals surface area contributed by atoms with Crippen molar-refractivity contribution in [3.05, 3.63) is 0 Å². The van der Waals surface area contributed by atoms with Gasteiger partial charge in [0.1, 0.15) is 0 Å². The first-order chi connectivity index (χ1) is 2.97. The van der Waals surface area contributed by atoms with Crippen molar-refractivity contribution in [2.75, 3.05) is 11.5 Å². The van der Waals surface area contributed by atoms with Crippen molar-refractivity contribution in [3.8, 4) is 0 Å². The highest BCUT2D eigenvalue weighted by molar-refractivity contribution is 8.12. The number of hydrogen-bond acceptors (Lipinski definition) is 2. The zero-order valence-corrected chi connectivity index (χ0v) is 5.02. The second-order valence-electron chi connectivity index (χ2n) is 1.74. The molecule has 2 fully saturated rings. The molecular weight excluding hydrogens is 112 g/mol. The van der Waals surface area contributed by atoms with Gasteiger partial charge in [-0.15, -0.1) is 0 Å². The van der Waals surface area contributed by atoms with E-state index in [1.54, 1.807) is 0 Å². The van der Waals surface area contributed by atoms with E-state index in [0.29, 0.717) is 0 Å². The Bertz CT molecular complexity index is 53.9. The van der Waals surface area contributed by atoms with Gasteiger partial charge in [0.05, 0.1) is 0 Å². The molecule has 6 heavy (non-hydrogen) atoms. The molecule has 0 aromatic carbocycles. The van der Waals surface area contributed by atoms with E-state index in [-0.39, 0.29) is 0 Å². The Kier molecular flexibility index (Phi) is 0.673. The first-order valence-corrected chi connectivity index (χ1v) is 4.30. The molecule has 0 saturated carbocycles. The molecule has 2 aliphatic rings. The summed E-state index contributed by atoms with van der Waals surface area (Å²) in [5.41, 5.74) is 0. The Morgan fingerprint density at radius 1 is 1.00 bits per heavy atom. The van der Waals surface area contributed by atoms with Crippen LogP contribution in [0.15, 0.2) is 0 Å². The Labute approximate surface area is 46.1 Å². The molecule has 2 unspecified atom stereocenters. The normalized spacial score (nSPS) is 52.0. The standard InChI is InChI=1S/C4H6S2/c1-3-4(5-1)2-6-3/h3-4H,1-2H2. The van der Waals surface area contributed by atoms with Crippen LogP contribution >= 0.6 is 23.5 Å². The fourth-order valence-corrected chi connectivity index (χ4v) is 3.67. The van der Waals surface area contributed by atoms with Crippen LogP contribution in [0.5, 0.6) is 0 Å². The minimum Gasteiger partial charge on any atom is -0.155 e. The van der Waals surface area contributed by atoms with Gasteiger partial charge in [-0.25, -0.2) is 0 Å². The molecule has 0 aromatic heterocycles. The number of rotatable bonds is 0. The maximum atomic E-state index is 2.13. The van der Waals surface area contributed by atoms with Crippen LogP contribution < -0.4 is 0 Å². The summed E-state index contributed by atoms with van der Waals surface area (Å²) in [7, 11) is 0. The molecule has 0 aromatic rings. The van der Waals surface area contributed by atoms with Gasteiger partial charge in [0.15, 0.2) is 0 Å². The van der Waals surface area contributed by atoms with E-state index in [4.69, 9.17) is 0 Å². The molecule has 34 valence electrons. The van der Waals surface area contributed by atoms with Gasteiger partial charge in [-0.3, -0.25) is 0 Å². The van der Waals surface area contributed by atoms with Crippen molar-refractivity contribution >= 4 is 23.5 Å². The second kappa shape index (κ2) is 1.10. The van der Waals surface area contributed by atoms with E-state index in [0.717, 1.165) is 10.5 Å². The van der Waals surface area contributed by atoms with Crippen molar-refractivity contribution in [2.45, 2.75) is 10.5 Å². The van der Waals surface area contributed by atoms with Crippen molar-refractivity contribution in [3.63, 3.8) is 0 Å². The fourth-order valence-electron chi connectivity index (χ4n) is 0.718. The van der Waals surface area contributed by atoms with E-state index in [1.807, 2.05) is 0 Å². The quantitative estimate of drug-likeness (QED) is 0.469. The predicted molar refractivity (Wildman–Crippen MR) is 32.5 cm³/mol. The highest BCUT2D eigenvalue weighted by Gasteiger charge is 2.39. The molecule has 0 spiro atoms. The SMILES string of the molecule is C1SC2CSC12. The van der Waals surface area contributed by atoms with Crippen LogP contribution in [0.3, 0.4) is 0 Å². The molecule has 2 rings (SSSR count). The zero-order valence-electron chi connectivity index (χ0n) is 3.39. The zero-order chi connectivity index (χ0) is 3.98. The van der Waals surface area contributed by atoms with Crippen molar-refractivity contribution < 1.29 is 0 Å². The van der Waals surface area contributed by atoms with Gasteiger partial charge in [0, 0.05) is 22.0 Å². The van der Waals surface area contributed by atoms with Gasteiger partial charge in [-0.2, -0.15) is 23.5 Å². The number of hydrogen-bond donors (Lipinski definition) is 0. The van der Waals surface area contributed by atoms with Crippen molar-refractivity contribution in [1.29, 1.82) is 0 Å². The van der Waals surface area contributed by atoms with Crippen molar-refractivity contribution in [1.82, 2.24) is 0 Å². The maximum Gasteiger partial charge on any atom is 0.0265 e. The third kappa shape index (κ3) is 0.298. The first kappa shape index (κ1) is 3.67. The van der Waals surface area contributed by atoms with Crippen LogP contribution in [0.1, 0.15) is 0 Å². The lowest BCUT2D eigenvalue weighted by Gasteiger charge is -2.44. The average Bonchev–Trinajstić information content (AvgIpc) is 1.54. The monoisotopic (exact) mass is 118 g/mol. The largest absolute Gasteiger partial charge is 0.155 e. The summed E-state index contributed by atoms with van der Waals surface area (Å²) in [5, 5.41) is 2.19. The summed E-state index contributed by atoms with van der Waals surface area (Å²) in [6.45, 7) is 0. The molecule has 0 aliphatic carbocycles. The summed E-state index contributed by atoms with van der Waals surface area (Å²) in [4.78, 5) is 0. The van der Waals surface area contributed by atoms with E-state index < -0.39 is 0 Å². The van der Waals surface area contributed by atoms with Gasteiger partial charge in [0.2, 0.25) is 0 Å². The Morgan fingerprint density at radius 3 is 1.50 bits per heavy atom. The molecule has 2 heterocycles. The van der Waals surface area contributed by atoms with Crippen LogP contribution in [0.4, 0.5) is 0 Å². The fraction of sp³-hybridized carbons (Fsp3) is 1.00. The summed E-state index contributed by atoms with van der Waals surface area (Å²) < 4.78 is 0. The Morgan fingerprint density at radius 2 is 1.50 bits per heavy atom. The van der Waals surface area contributed by atoms with Gasteiger partial charge >= 0.3 is 0 Å². The van der Waals surface area contributed by atoms with Crippen LogP contribution in [-0.4, -0.2) is 22.0 Å². The highest BCUT2D eigenvalue weighted by Crippen LogP contribution is 2.47. The van der Waals surface area contributed by atoms with Gasteiger partial charge in [-0.1, -0.05) is 0 Å². The third-order valence-corrected chi connectivity index (χ3v) is 4.91. The molecule has 0 amide bonds. The van der Waals surface area contributed by atoms with Crippen LogP contribution in [-0.2, 0) is 0 Å². The predicted octanol–water partition coefficient (Wildman–Crippen LogP) is 1.22. The summed E-state index contributed by atoms with van der Waals surface area (Å²) in [5.74, 6) is 2.88. The molecular formula is C4H6S2. The number of thioether (sulfide) groups is 2. The lowest BCUT2D eigenvalue weighted by molar-refractivity contribution is 0.838. The smallest absolute Gasteiger partial charge is 0.0265 e. The van der Waals surface area contributed by atoms with E-state index >= 15 is 0 Å². The molecule has 0 nitrogen and oxygen atoms in total. The highest BCUT2D eigenvalue weighted by atomic mass is 32.2. The minimum absolute atomic E-state index is 1.09. The molecule has 2 atom stereocenters. The molecule has 0 bridgehead atoms. The van der Waals surface area contributed by atoms with Crippen LogP contribution in [0.25, 0.3) is 0 Å². The van der Waals surface area contributed by atoms with Gasteiger partial charge in [-0.05, 0) is 0 Å². The van der Waals surface area contributed by atoms with E-state index in [9.17, 15) is 0 Å². The van der Waals surface area contributed by atoms with Gasteiger partial charge < -0.3 is 0 Å². The summed E-state index contributed by atoms with van der Waals surface area (Å²) >= 11 is 4.27. The minimum atomic E-state index is 1.09. The van der Waals surface area contributed by atoms with Crippen molar-refractivity contribution in [2.24, 2.45) is 0 Å². The average molecular weight is 118 g/mol. The van der Waals surface area contributed by atoms with Crippen LogP contribution in [0, 0.1) is 0 Å². The van der Waals surface area contributed by atoms with E-state index in [2.05, 4.69) is 23.5 Å². The molecule has 2 aliphatic heterocycles. The van der Waals surface area contributed by atoms with Gasteiger partial charge in [0.25, 0.3) is 0 Å². The lowest BCUT2D eigenvalue weighted by Crippen LogP contribution is -2.44. The molecule has 0 radical (unpaired) electrons. The summed E-state index contributed by atoms with van der Waals surface area (Å²) in [6.07, 6.45) is 0. The lowest BCUT2D eigenvalue weighted by atomic mass is 10.3. The Balaban J connectivity index is 2.03. The molecule has 2 heteroatoms. The Hall–Kier alpha value is 0.700. The van der Waals surface area contributed by atoms with E-state index in [1.165, 1.54) is 11.5 Å².